The molecule has 1 aromatic rings. The Labute approximate surface area is 197 Å². The van der Waals surface area contributed by atoms with E-state index in [1.54, 1.807) is 13.0 Å². The molecule has 0 aromatic heterocycles. The highest BCUT2D eigenvalue weighted by Crippen LogP contribution is 2.32. The third-order valence-corrected chi connectivity index (χ3v) is 5.46. The Morgan fingerprint density at radius 2 is 1.76 bits per heavy atom. The molecule has 0 bridgehead atoms. The standard InChI is InChI=1S/C27H36N2O4/c1-6-8-9-10-11-14-33-24-13-12-21(16-25(24)32-7-2)15-22-20(5)23(17-28)27(31)29(26(22)30)18-19(3)4/h12-13,15-16,19H,6-11,14,18H2,1-5H3/b22-15+. The summed E-state index contributed by atoms with van der Waals surface area (Å²) in [6.45, 7) is 11.0. The SMILES string of the molecule is CCCCCCCOc1ccc(/C=C2/C(=O)N(CC(C)C)C(=O)C(C#N)=C2C)cc1OCC. The number of hydrogen-bond donors (Lipinski definition) is 0. The molecular formula is C27H36N2O4. The van der Waals surface area contributed by atoms with Crippen molar-refractivity contribution in [1.29, 1.82) is 5.26 Å². The Kier molecular flexibility index (Phi) is 10.2. The third-order valence-electron chi connectivity index (χ3n) is 5.46. The van der Waals surface area contributed by atoms with E-state index < -0.39 is 5.91 Å². The van der Waals surface area contributed by atoms with Crippen LogP contribution in [0, 0.1) is 17.2 Å². The van der Waals surface area contributed by atoms with Crippen LogP contribution in [-0.2, 0) is 9.59 Å². The highest BCUT2D eigenvalue weighted by Gasteiger charge is 2.35. The van der Waals surface area contributed by atoms with Crippen LogP contribution in [0.15, 0.2) is 34.9 Å². The second-order valence-corrected chi connectivity index (χ2v) is 8.69. The lowest BCUT2D eigenvalue weighted by Crippen LogP contribution is -2.44. The molecule has 0 saturated carbocycles. The number of hydrogen-bond acceptors (Lipinski definition) is 5. The van der Waals surface area contributed by atoms with Gasteiger partial charge in [0, 0.05) is 12.1 Å². The largest absolute Gasteiger partial charge is 0.490 e. The number of rotatable bonds is 12. The lowest BCUT2D eigenvalue weighted by molar-refractivity contribution is -0.141. The second-order valence-electron chi connectivity index (χ2n) is 8.69. The van der Waals surface area contributed by atoms with Crippen molar-refractivity contribution in [3.63, 3.8) is 0 Å². The molecule has 6 heteroatoms. The minimum atomic E-state index is -0.525. The molecule has 0 unspecified atom stereocenters. The molecule has 1 aliphatic rings. The van der Waals surface area contributed by atoms with E-state index in [2.05, 4.69) is 6.92 Å². The maximum Gasteiger partial charge on any atom is 0.271 e. The summed E-state index contributed by atoms with van der Waals surface area (Å²) in [6.07, 6.45) is 7.52. The molecule has 33 heavy (non-hydrogen) atoms. The Hall–Kier alpha value is -3.07. The van der Waals surface area contributed by atoms with Crippen molar-refractivity contribution in [3.8, 4) is 17.6 Å². The predicted octanol–water partition coefficient (Wildman–Crippen LogP) is 5.68. The van der Waals surface area contributed by atoms with Gasteiger partial charge in [0.2, 0.25) is 0 Å². The Morgan fingerprint density at radius 1 is 1.03 bits per heavy atom. The molecule has 0 spiro atoms. The van der Waals surface area contributed by atoms with Crippen LogP contribution in [-0.4, -0.2) is 36.5 Å². The van der Waals surface area contributed by atoms with Crippen LogP contribution in [0.2, 0.25) is 0 Å². The minimum Gasteiger partial charge on any atom is -0.490 e. The smallest absolute Gasteiger partial charge is 0.271 e. The van der Waals surface area contributed by atoms with Gasteiger partial charge in [-0.05, 0) is 55.5 Å². The molecule has 1 heterocycles. The molecule has 2 rings (SSSR count). The zero-order valence-corrected chi connectivity index (χ0v) is 20.6. The first-order chi connectivity index (χ1) is 15.8. The molecule has 2 amide bonds. The number of amides is 2. The van der Waals surface area contributed by atoms with Gasteiger partial charge in [-0.2, -0.15) is 5.26 Å². The summed E-state index contributed by atoms with van der Waals surface area (Å²) in [5.41, 5.74) is 1.50. The van der Waals surface area contributed by atoms with Gasteiger partial charge in [0.15, 0.2) is 11.5 Å². The summed E-state index contributed by atoms with van der Waals surface area (Å²) in [5, 5.41) is 9.52. The van der Waals surface area contributed by atoms with E-state index in [0.29, 0.717) is 35.9 Å². The molecule has 0 saturated heterocycles. The number of carbonyl (C=O) groups excluding carboxylic acids is 2. The first-order valence-electron chi connectivity index (χ1n) is 11.9. The second kappa shape index (κ2) is 12.8. The summed E-state index contributed by atoms with van der Waals surface area (Å²) < 4.78 is 11.7. The highest BCUT2D eigenvalue weighted by molar-refractivity contribution is 6.19. The molecule has 178 valence electrons. The first kappa shape index (κ1) is 26.2. The summed E-state index contributed by atoms with van der Waals surface area (Å²) in [5.74, 6) is 0.478. The van der Waals surface area contributed by atoms with Crippen LogP contribution in [0.25, 0.3) is 6.08 Å². The summed E-state index contributed by atoms with van der Waals surface area (Å²) >= 11 is 0. The zero-order valence-electron chi connectivity index (χ0n) is 20.6. The molecule has 6 nitrogen and oxygen atoms in total. The van der Waals surface area contributed by atoms with Crippen LogP contribution in [0.5, 0.6) is 11.5 Å². The van der Waals surface area contributed by atoms with E-state index in [1.165, 1.54) is 24.2 Å². The van der Waals surface area contributed by atoms with Crippen molar-refractivity contribution in [2.24, 2.45) is 5.92 Å². The lowest BCUT2D eigenvalue weighted by atomic mass is 9.93. The average molecular weight is 453 g/mol. The van der Waals surface area contributed by atoms with Crippen molar-refractivity contribution >= 4 is 17.9 Å². The predicted molar refractivity (Wildman–Crippen MR) is 130 cm³/mol. The maximum absolute atomic E-state index is 13.1. The van der Waals surface area contributed by atoms with E-state index in [1.807, 2.05) is 45.0 Å². The molecular weight excluding hydrogens is 416 g/mol. The minimum absolute atomic E-state index is 0.00885. The highest BCUT2D eigenvalue weighted by atomic mass is 16.5. The summed E-state index contributed by atoms with van der Waals surface area (Å²) in [7, 11) is 0. The van der Waals surface area contributed by atoms with E-state index in [0.717, 1.165) is 18.4 Å². The molecule has 1 aromatic carbocycles. The van der Waals surface area contributed by atoms with Gasteiger partial charge in [-0.3, -0.25) is 14.5 Å². The lowest BCUT2D eigenvalue weighted by Gasteiger charge is -2.28. The van der Waals surface area contributed by atoms with Gasteiger partial charge in [0.25, 0.3) is 11.8 Å². The van der Waals surface area contributed by atoms with Crippen LogP contribution < -0.4 is 9.47 Å². The zero-order chi connectivity index (χ0) is 24.4. The van der Waals surface area contributed by atoms with Crippen molar-refractivity contribution in [2.75, 3.05) is 19.8 Å². The van der Waals surface area contributed by atoms with Crippen LogP contribution in [0.4, 0.5) is 0 Å². The molecule has 0 radical (unpaired) electrons. The van der Waals surface area contributed by atoms with Gasteiger partial charge < -0.3 is 9.47 Å². The molecule has 0 atom stereocenters. The molecule has 0 fully saturated rings. The summed E-state index contributed by atoms with van der Waals surface area (Å²) in [4.78, 5) is 26.9. The molecule has 0 aliphatic carbocycles. The van der Waals surface area contributed by atoms with E-state index in [-0.39, 0.29) is 23.9 Å². The normalized spacial score (nSPS) is 15.4. The number of carbonyl (C=O) groups is 2. The van der Waals surface area contributed by atoms with E-state index in [9.17, 15) is 14.9 Å². The average Bonchev–Trinajstić information content (AvgIpc) is 2.78. The number of ether oxygens (including phenoxy) is 2. The van der Waals surface area contributed by atoms with Crippen molar-refractivity contribution in [1.82, 2.24) is 4.90 Å². The van der Waals surface area contributed by atoms with Gasteiger partial charge in [-0.25, -0.2) is 0 Å². The van der Waals surface area contributed by atoms with Crippen LogP contribution in [0.3, 0.4) is 0 Å². The number of nitriles is 1. The Morgan fingerprint density at radius 3 is 2.39 bits per heavy atom. The number of nitrogens with zero attached hydrogens (tertiary/aromatic N) is 2. The monoisotopic (exact) mass is 452 g/mol. The van der Waals surface area contributed by atoms with Gasteiger partial charge in [-0.15, -0.1) is 0 Å². The van der Waals surface area contributed by atoms with Crippen molar-refractivity contribution in [3.05, 3.63) is 40.5 Å². The number of benzene rings is 1. The fourth-order valence-corrected chi connectivity index (χ4v) is 3.72. The van der Waals surface area contributed by atoms with Crippen LogP contribution in [0.1, 0.15) is 72.3 Å². The first-order valence-corrected chi connectivity index (χ1v) is 11.9. The van der Waals surface area contributed by atoms with Gasteiger partial charge in [0.05, 0.1) is 13.2 Å². The number of imide groups is 1. The van der Waals surface area contributed by atoms with Gasteiger partial charge in [-0.1, -0.05) is 52.5 Å². The number of unbranched alkanes of at least 4 members (excludes halogenated alkanes) is 4. The fourth-order valence-electron chi connectivity index (χ4n) is 3.72. The molecule has 0 N–H and O–H groups in total. The third kappa shape index (κ3) is 6.95. The maximum atomic E-state index is 13.1. The Bertz CT molecular complexity index is 953. The van der Waals surface area contributed by atoms with E-state index >= 15 is 0 Å². The van der Waals surface area contributed by atoms with Gasteiger partial charge >= 0.3 is 0 Å². The van der Waals surface area contributed by atoms with Crippen LogP contribution >= 0.6 is 0 Å². The summed E-state index contributed by atoms with van der Waals surface area (Å²) in [6, 6.07) is 7.51. The van der Waals surface area contributed by atoms with Crippen molar-refractivity contribution < 1.29 is 19.1 Å². The quantitative estimate of drug-likeness (QED) is 0.231. The van der Waals surface area contributed by atoms with E-state index in [4.69, 9.17) is 9.47 Å². The van der Waals surface area contributed by atoms with Gasteiger partial charge in [0.1, 0.15) is 11.6 Å². The molecule has 1 aliphatic heterocycles. The Balaban J connectivity index is 2.31. The fraction of sp³-hybridized carbons (Fsp3) is 0.519. The van der Waals surface area contributed by atoms with Crippen molar-refractivity contribution in [2.45, 2.75) is 66.7 Å². The topological polar surface area (TPSA) is 79.6 Å².